The number of urea groups is 1. The molecule has 29 heavy (non-hydrogen) atoms. The Kier molecular flexibility index (Phi) is 5.17. The molecular formula is C17H22N4O7S. The predicted molar refractivity (Wildman–Crippen MR) is 99.4 cm³/mol. The summed E-state index contributed by atoms with van der Waals surface area (Å²) in [6.45, 7) is 2.19. The molecule has 0 aliphatic carbocycles. The number of carbonyl (C=O) groups excluding carboxylic acids is 3. The van der Waals surface area contributed by atoms with Gasteiger partial charge in [-0.2, -0.15) is 0 Å². The van der Waals surface area contributed by atoms with Gasteiger partial charge in [0.1, 0.15) is 6.04 Å². The summed E-state index contributed by atoms with van der Waals surface area (Å²) < 4.78 is 4.90. The Bertz CT molecular complexity index is 801. The summed E-state index contributed by atoms with van der Waals surface area (Å²) in [7, 11) is 0. The highest BCUT2D eigenvalue weighted by atomic mass is 32.2. The second kappa shape index (κ2) is 7.50. The highest BCUT2D eigenvalue weighted by Crippen LogP contribution is 2.48. The highest BCUT2D eigenvalue weighted by molar-refractivity contribution is 8.03. The fraction of sp³-hybridized carbons (Fsp3) is 0.647. The number of aliphatic hydroxyl groups is 1. The molecule has 0 bridgehead atoms. The number of amides is 4. The summed E-state index contributed by atoms with van der Waals surface area (Å²) in [5.41, 5.74) is 0. The number of aliphatic hydroxyl groups excluding tert-OH is 1. The molecule has 11 nitrogen and oxygen atoms in total. The van der Waals surface area contributed by atoms with Crippen molar-refractivity contribution in [3.05, 3.63) is 10.8 Å². The number of carboxylic acid groups (broad SMARTS) is 1. The molecule has 0 spiro atoms. The van der Waals surface area contributed by atoms with Crippen LogP contribution in [0.5, 0.6) is 0 Å². The molecule has 6 atom stereocenters. The Labute approximate surface area is 170 Å². The van der Waals surface area contributed by atoms with E-state index in [9.17, 15) is 24.3 Å². The molecule has 4 aliphatic heterocycles. The van der Waals surface area contributed by atoms with Crippen molar-refractivity contribution in [1.29, 1.82) is 0 Å². The third-order valence-corrected chi connectivity index (χ3v) is 7.01. The smallest absolute Gasteiger partial charge is 0.449 e. The van der Waals surface area contributed by atoms with Gasteiger partial charge in [-0.3, -0.25) is 19.8 Å². The molecule has 0 saturated carbocycles. The average Bonchev–Trinajstić information content (AvgIpc) is 3.25. The van der Waals surface area contributed by atoms with Gasteiger partial charge >= 0.3 is 12.2 Å². The lowest BCUT2D eigenvalue weighted by Crippen LogP contribution is -2.61. The van der Waals surface area contributed by atoms with Crippen molar-refractivity contribution in [1.82, 2.24) is 20.9 Å². The van der Waals surface area contributed by atoms with Crippen LogP contribution >= 0.6 is 11.8 Å². The number of nitrogens with one attached hydrogen (secondary N) is 3. The van der Waals surface area contributed by atoms with Gasteiger partial charge in [-0.25, -0.2) is 9.59 Å². The maximum absolute atomic E-state index is 12.3. The number of nitrogens with zero attached hydrogens (tertiary/aromatic N) is 1. The van der Waals surface area contributed by atoms with Crippen molar-refractivity contribution in [2.45, 2.75) is 55.7 Å². The van der Waals surface area contributed by atoms with Crippen LogP contribution in [0.1, 0.15) is 26.2 Å². The second-order valence-electron chi connectivity index (χ2n) is 7.67. The van der Waals surface area contributed by atoms with Gasteiger partial charge in [0, 0.05) is 29.2 Å². The largest absolute Gasteiger partial charge is 0.512 e. The Hall–Kier alpha value is -2.31. The number of β-lactam (4-membered cyclic amide) rings is 1. The van der Waals surface area contributed by atoms with Crippen LogP contribution in [0, 0.1) is 5.92 Å². The van der Waals surface area contributed by atoms with E-state index in [1.807, 2.05) is 0 Å². The first kappa shape index (κ1) is 20.0. The van der Waals surface area contributed by atoms with E-state index in [1.54, 1.807) is 6.92 Å². The first-order valence-electron chi connectivity index (χ1n) is 9.41. The van der Waals surface area contributed by atoms with Gasteiger partial charge in [-0.05, 0) is 19.8 Å². The number of imide groups is 1. The quantitative estimate of drug-likeness (QED) is 0.215. The molecule has 1 unspecified atom stereocenters. The minimum atomic E-state index is -1.49. The van der Waals surface area contributed by atoms with E-state index in [1.165, 1.54) is 16.7 Å². The molecule has 0 aromatic carbocycles. The molecular weight excluding hydrogens is 404 g/mol. The summed E-state index contributed by atoms with van der Waals surface area (Å²) >= 11 is 1.46. The summed E-state index contributed by atoms with van der Waals surface area (Å²) in [5.74, 6) is -1.18. The van der Waals surface area contributed by atoms with Gasteiger partial charge in [-0.1, -0.05) is 0 Å². The second-order valence-corrected chi connectivity index (χ2v) is 9.07. The Morgan fingerprint density at radius 2 is 2.14 bits per heavy atom. The minimum Gasteiger partial charge on any atom is -0.449 e. The van der Waals surface area contributed by atoms with Crippen LogP contribution in [-0.2, 0) is 14.3 Å². The highest BCUT2D eigenvalue weighted by Gasteiger charge is 2.57. The Morgan fingerprint density at radius 1 is 1.38 bits per heavy atom. The van der Waals surface area contributed by atoms with Gasteiger partial charge in [-0.15, -0.1) is 11.8 Å². The van der Waals surface area contributed by atoms with Crippen LogP contribution in [0.4, 0.5) is 9.59 Å². The topological polar surface area (TPSA) is 157 Å². The number of carbonyl (C=O) groups is 4. The monoisotopic (exact) mass is 426 g/mol. The molecule has 0 aromatic heterocycles. The zero-order chi connectivity index (χ0) is 20.9. The molecule has 0 aromatic rings. The lowest BCUT2D eigenvalue weighted by Gasteiger charge is -2.44. The standard InChI is InChI=1S/C17H22N4O7S/c1-6(22)12-10-4-11(15(28-17(26)27)21(10)14(12)24)29-8-2-7(18-5-8)3-9-13(23)20-16(25)19-9/h6-10,12,18,22H,2-5H2,1H3,(H,26,27)(H2,19,20,23,25)/t6-,7+,8+,9?,10-,12-/m1/s1. The van der Waals surface area contributed by atoms with E-state index in [4.69, 9.17) is 9.84 Å². The van der Waals surface area contributed by atoms with Crippen LogP contribution in [-0.4, -0.2) is 75.1 Å². The SMILES string of the molecule is C[C@@H](O)[C@H]1C(=O)N2C(OC(=O)O)=C(S[C@@H]3CN[C@H](CC4NC(=O)NC4=O)C3)C[C@H]12. The van der Waals surface area contributed by atoms with E-state index in [2.05, 4.69) is 16.0 Å². The van der Waals surface area contributed by atoms with Crippen molar-refractivity contribution in [3.63, 3.8) is 0 Å². The van der Waals surface area contributed by atoms with Crippen LogP contribution in [0.25, 0.3) is 0 Å². The van der Waals surface area contributed by atoms with E-state index in [0.29, 0.717) is 30.7 Å². The molecule has 4 rings (SSSR count). The van der Waals surface area contributed by atoms with Crippen LogP contribution in [0.3, 0.4) is 0 Å². The zero-order valence-electron chi connectivity index (χ0n) is 15.6. The Balaban J connectivity index is 1.40. The number of rotatable bonds is 6. The maximum Gasteiger partial charge on any atom is 0.512 e. The van der Waals surface area contributed by atoms with E-state index in [0.717, 1.165) is 0 Å². The van der Waals surface area contributed by atoms with Crippen molar-refractivity contribution < 1.29 is 34.1 Å². The van der Waals surface area contributed by atoms with E-state index in [-0.39, 0.29) is 35.0 Å². The van der Waals surface area contributed by atoms with Crippen LogP contribution in [0.15, 0.2) is 10.8 Å². The molecule has 4 heterocycles. The van der Waals surface area contributed by atoms with Crippen molar-refractivity contribution >= 4 is 35.8 Å². The van der Waals surface area contributed by atoms with Gasteiger partial charge in [0.05, 0.1) is 18.1 Å². The molecule has 12 heteroatoms. The number of fused-ring (bicyclic) bond motifs is 1. The number of hydrogen-bond acceptors (Lipinski definition) is 8. The summed E-state index contributed by atoms with van der Waals surface area (Å²) in [5, 5.41) is 27.1. The van der Waals surface area contributed by atoms with E-state index < -0.39 is 30.3 Å². The third kappa shape index (κ3) is 3.67. The minimum absolute atomic E-state index is 0.0244. The predicted octanol–water partition coefficient (Wildman–Crippen LogP) is -0.477. The molecule has 3 saturated heterocycles. The lowest BCUT2D eigenvalue weighted by atomic mass is 9.84. The molecule has 5 N–H and O–H groups in total. The molecule has 4 aliphatic rings. The van der Waals surface area contributed by atoms with Gasteiger partial charge in [0.2, 0.25) is 11.8 Å². The van der Waals surface area contributed by atoms with Gasteiger partial charge in [0.15, 0.2) is 0 Å². The molecule has 3 fully saturated rings. The molecule has 158 valence electrons. The Morgan fingerprint density at radius 3 is 2.76 bits per heavy atom. The van der Waals surface area contributed by atoms with Crippen molar-refractivity contribution in [2.24, 2.45) is 5.92 Å². The van der Waals surface area contributed by atoms with E-state index >= 15 is 0 Å². The summed E-state index contributed by atoms with van der Waals surface area (Å²) in [6, 6.07) is -1.32. The van der Waals surface area contributed by atoms with Crippen LogP contribution < -0.4 is 16.0 Å². The van der Waals surface area contributed by atoms with Crippen LogP contribution in [0.2, 0.25) is 0 Å². The maximum atomic E-state index is 12.3. The average molecular weight is 426 g/mol. The first-order chi connectivity index (χ1) is 13.7. The number of ether oxygens (including phenoxy) is 1. The van der Waals surface area contributed by atoms with Crippen molar-refractivity contribution in [2.75, 3.05) is 6.54 Å². The summed E-state index contributed by atoms with van der Waals surface area (Å²) in [4.78, 5) is 48.4. The normalized spacial score (nSPS) is 34.6. The van der Waals surface area contributed by atoms with Gasteiger partial charge in [0.25, 0.3) is 5.91 Å². The fourth-order valence-corrected chi connectivity index (χ4v) is 5.84. The van der Waals surface area contributed by atoms with Crippen molar-refractivity contribution in [3.8, 4) is 0 Å². The molecule has 4 amide bonds. The fourth-order valence-electron chi connectivity index (χ4n) is 4.42. The number of thioether (sulfide) groups is 1. The summed E-state index contributed by atoms with van der Waals surface area (Å²) in [6.07, 6.45) is -0.686. The number of hydrogen-bond donors (Lipinski definition) is 5. The first-order valence-corrected chi connectivity index (χ1v) is 10.3. The molecule has 0 radical (unpaired) electrons. The third-order valence-electron chi connectivity index (χ3n) is 5.69. The van der Waals surface area contributed by atoms with Gasteiger partial charge < -0.3 is 25.6 Å². The lowest BCUT2D eigenvalue weighted by molar-refractivity contribution is -0.161. The zero-order valence-corrected chi connectivity index (χ0v) is 16.4.